The Hall–Kier alpha value is 0.280. The van der Waals surface area contributed by atoms with Crippen LogP contribution in [0.1, 0.15) is 0 Å². The van der Waals surface area contributed by atoms with Crippen molar-refractivity contribution in [3.05, 3.63) is 0 Å². The Kier molecular flexibility index (Phi) is 2.57. The Morgan fingerprint density at radius 3 is 1.56 bits per heavy atom. The Balaban J connectivity index is 4.79. The maximum atomic E-state index is 11.1. The number of rotatable bonds is 1. The number of hydrogen-bond acceptors (Lipinski definition) is 3. The van der Waals surface area contributed by atoms with Gasteiger partial charge in [-0.2, -0.15) is 0 Å². The van der Waals surface area contributed by atoms with E-state index < -0.39 is 31.2 Å². The van der Waals surface area contributed by atoms with E-state index in [-0.39, 0.29) is 0 Å². The van der Waals surface area contributed by atoms with Crippen LogP contribution < -0.4 is 0 Å². The minimum absolute atomic E-state index is 2.38. The third-order valence-electron chi connectivity index (χ3n) is 0.325. The molecule has 0 aliphatic carbocycles. The van der Waals surface area contributed by atoms with Crippen LogP contribution in [0, 0.1) is 0 Å². The van der Waals surface area contributed by atoms with E-state index in [1.54, 1.807) is 0 Å². The van der Waals surface area contributed by atoms with Crippen molar-refractivity contribution in [2.45, 2.75) is 5.51 Å². The van der Waals surface area contributed by atoms with Crippen molar-refractivity contribution in [3.8, 4) is 0 Å². The summed E-state index contributed by atoms with van der Waals surface area (Å²) in [5, 5.41) is 0. The molecule has 0 saturated heterocycles. The zero-order valence-corrected chi connectivity index (χ0v) is 5.87. The van der Waals surface area contributed by atoms with Gasteiger partial charge in [-0.3, -0.25) is 0 Å². The molecule has 0 amide bonds. The van der Waals surface area contributed by atoms with Gasteiger partial charge in [-0.25, -0.2) is 0 Å². The topological polar surface area (TPSA) is 51.2 Å². The van der Waals surface area contributed by atoms with Crippen molar-refractivity contribution in [2.24, 2.45) is 0 Å². The minimum atomic E-state index is -5.38. The normalized spacial score (nSPS) is 14.1. The van der Waals surface area contributed by atoms with Crippen molar-refractivity contribution < 1.29 is 43.2 Å². The standard InChI is InChI=1S/CF3O2S.Ag.O/c2-1(3,4)7(5)6;;. The van der Waals surface area contributed by atoms with Crippen LogP contribution in [0.3, 0.4) is 0 Å². The van der Waals surface area contributed by atoms with Gasteiger partial charge in [-0.05, 0) is 0 Å². The van der Waals surface area contributed by atoms with Crippen LogP contribution in [0.15, 0.2) is 0 Å². The number of hydrogen-bond donors (Lipinski definition) is 0. The molecule has 0 aromatic rings. The SMILES string of the molecule is [O]=[Ag][S](=O)(=O)C(F)(F)F. The molecule has 0 saturated carbocycles. The summed E-state index contributed by atoms with van der Waals surface area (Å²) < 4.78 is 61.7. The van der Waals surface area contributed by atoms with Crippen molar-refractivity contribution in [1.29, 1.82) is 0 Å². The second kappa shape index (κ2) is 2.49. The molecule has 0 fully saturated rings. The zero-order valence-electron chi connectivity index (χ0n) is 3.57. The average Bonchev–Trinajstić information content (AvgIpc) is 1.64. The molecule has 0 aromatic heterocycles. The first-order valence-corrected chi connectivity index (χ1v) is 5.09. The van der Waals surface area contributed by atoms with Crippen LogP contribution in [-0.2, 0) is 29.0 Å². The molecule has 0 rings (SSSR count). The van der Waals surface area contributed by atoms with E-state index in [1.807, 2.05) is 0 Å². The van der Waals surface area contributed by atoms with Gasteiger partial charge >= 0.3 is 56.1 Å². The maximum absolute atomic E-state index is 11.1. The van der Waals surface area contributed by atoms with Crippen LogP contribution in [0.5, 0.6) is 0 Å². The van der Waals surface area contributed by atoms with Crippen molar-refractivity contribution >= 4 is 7.30 Å². The molecule has 0 N–H and O–H groups in total. The Bertz CT molecular complexity index is 202. The summed E-state index contributed by atoms with van der Waals surface area (Å²) in [5.74, 6) is 0. The molecule has 3 nitrogen and oxygen atoms in total. The number of halogens is 3. The predicted molar refractivity (Wildman–Crippen MR) is 15.7 cm³/mol. The molecule has 0 aliphatic heterocycles. The van der Waals surface area contributed by atoms with Gasteiger partial charge in [-0.15, -0.1) is 0 Å². The van der Waals surface area contributed by atoms with E-state index in [9.17, 15) is 24.8 Å². The second-order valence-corrected chi connectivity index (χ2v) is 5.38. The third-order valence-corrected chi connectivity index (χ3v) is 2.98. The van der Waals surface area contributed by atoms with Gasteiger partial charge < -0.3 is 0 Å². The molecule has 0 radical (unpaired) electrons. The van der Waals surface area contributed by atoms with Crippen LogP contribution in [-0.4, -0.2) is 13.9 Å². The molecule has 0 aromatic carbocycles. The first kappa shape index (κ1) is 9.28. The third kappa shape index (κ3) is 2.17. The fourth-order valence-corrected chi connectivity index (χ4v) is 0.506. The van der Waals surface area contributed by atoms with Crippen LogP contribution >= 0.6 is 0 Å². The molecule has 60 valence electrons. The monoisotopic (exact) mass is 256 g/mol. The molecular weight excluding hydrogens is 257 g/mol. The molecule has 9 heavy (non-hydrogen) atoms. The van der Waals surface area contributed by atoms with Gasteiger partial charge in [0.25, 0.3) is 0 Å². The second-order valence-electron chi connectivity index (χ2n) is 0.893. The van der Waals surface area contributed by atoms with Gasteiger partial charge in [0.1, 0.15) is 0 Å². The first-order valence-electron chi connectivity index (χ1n) is 1.35. The fourth-order valence-electron chi connectivity index (χ4n) is 0.0285. The van der Waals surface area contributed by atoms with Gasteiger partial charge in [0.15, 0.2) is 0 Å². The summed E-state index contributed by atoms with van der Waals surface area (Å²) in [4.78, 5) is 0. The van der Waals surface area contributed by atoms with Crippen LogP contribution in [0.2, 0.25) is 0 Å². The van der Waals surface area contributed by atoms with Crippen LogP contribution in [0.25, 0.3) is 0 Å². The average molecular weight is 257 g/mol. The molecule has 0 bridgehead atoms. The fraction of sp³-hybridized carbons (Fsp3) is 1.00. The molecule has 8 heteroatoms. The van der Waals surface area contributed by atoms with Gasteiger partial charge in [0, 0.05) is 0 Å². The summed E-state index contributed by atoms with van der Waals surface area (Å²) in [7, 11) is -5.36. The number of alkyl halides is 3. The van der Waals surface area contributed by atoms with E-state index in [2.05, 4.69) is 0 Å². The molecule has 0 aliphatic rings. The van der Waals surface area contributed by atoms with Crippen LogP contribution in [0.4, 0.5) is 13.2 Å². The molecule has 0 unspecified atom stereocenters. The van der Waals surface area contributed by atoms with E-state index >= 15 is 0 Å². The summed E-state index contributed by atoms with van der Waals surface area (Å²) in [6.07, 6.45) is 0. The van der Waals surface area contributed by atoms with E-state index in [0.717, 1.165) is 0 Å². The first-order chi connectivity index (χ1) is 3.81. The van der Waals surface area contributed by atoms with Crippen molar-refractivity contribution in [2.75, 3.05) is 0 Å². The zero-order chi connectivity index (χ0) is 7.71. The predicted octanol–water partition coefficient (Wildman–Crippen LogP) is 0.264. The summed E-state index contributed by atoms with van der Waals surface area (Å²) >= 11 is -2.38. The summed E-state index contributed by atoms with van der Waals surface area (Å²) in [6.45, 7) is 0. The van der Waals surface area contributed by atoms with Gasteiger partial charge in [-0.1, -0.05) is 0 Å². The Morgan fingerprint density at radius 1 is 1.22 bits per heavy atom. The Labute approximate surface area is 56.4 Å². The van der Waals surface area contributed by atoms with E-state index in [4.69, 9.17) is 0 Å². The van der Waals surface area contributed by atoms with Crippen molar-refractivity contribution in [3.63, 3.8) is 0 Å². The van der Waals surface area contributed by atoms with Crippen molar-refractivity contribution in [1.82, 2.24) is 0 Å². The molecule has 0 atom stereocenters. The molecule has 0 heterocycles. The summed E-state index contributed by atoms with van der Waals surface area (Å²) in [6, 6.07) is 0. The Morgan fingerprint density at radius 2 is 1.56 bits per heavy atom. The quantitative estimate of drug-likeness (QED) is 0.633. The molecular formula is CAgF3O3S. The van der Waals surface area contributed by atoms with E-state index in [1.165, 1.54) is 0 Å². The van der Waals surface area contributed by atoms with E-state index in [0.29, 0.717) is 0 Å². The van der Waals surface area contributed by atoms with Gasteiger partial charge in [0.2, 0.25) is 0 Å². The summed E-state index contributed by atoms with van der Waals surface area (Å²) in [5.41, 5.74) is -5.38. The van der Waals surface area contributed by atoms with Gasteiger partial charge in [0.05, 0.1) is 0 Å². The molecule has 0 spiro atoms.